The first kappa shape index (κ1) is 8.32. The summed E-state index contributed by atoms with van der Waals surface area (Å²) in [7, 11) is 0. The topological polar surface area (TPSA) is 29.5 Å². The van der Waals surface area contributed by atoms with Crippen LogP contribution < -0.4 is 0 Å². The second-order valence-corrected chi connectivity index (χ2v) is 2.65. The second kappa shape index (κ2) is 3.56. The van der Waals surface area contributed by atoms with Gasteiger partial charge in [0.1, 0.15) is 6.10 Å². The lowest BCUT2D eigenvalue weighted by molar-refractivity contribution is -0.157. The van der Waals surface area contributed by atoms with Gasteiger partial charge in [-0.2, -0.15) is 0 Å². The SMILES string of the molecule is C#CC1OC(O)CCC1C=C. The summed E-state index contributed by atoms with van der Waals surface area (Å²) < 4.78 is 5.09. The number of aliphatic hydroxyl groups is 1. The van der Waals surface area contributed by atoms with Crippen molar-refractivity contribution in [2.45, 2.75) is 25.2 Å². The molecule has 60 valence electrons. The van der Waals surface area contributed by atoms with Gasteiger partial charge in [0.15, 0.2) is 6.29 Å². The van der Waals surface area contributed by atoms with Gasteiger partial charge in [-0.3, -0.25) is 0 Å². The first-order valence-electron chi connectivity index (χ1n) is 3.70. The summed E-state index contributed by atoms with van der Waals surface area (Å²) in [6.07, 6.45) is 7.51. The maximum Gasteiger partial charge on any atom is 0.156 e. The van der Waals surface area contributed by atoms with Crippen LogP contribution in [-0.2, 0) is 4.74 Å². The molecular formula is C9H12O2. The van der Waals surface area contributed by atoms with Crippen molar-refractivity contribution >= 4 is 0 Å². The zero-order valence-corrected chi connectivity index (χ0v) is 6.36. The Labute approximate surface area is 66.9 Å². The van der Waals surface area contributed by atoms with Gasteiger partial charge < -0.3 is 9.84 Å². The Morgan fingerprint density at radius 2 is 2.36 bits per heavy atom. The van der Waals surface area contributed by atoms with Crippen molar-refractivity contribution in [1.29, 1.82) is 0 Å². The first-order valence-corrected chi connectivity index (χ1v) is 3.70. The molecule has 0 amide bonds. The molecule has 1 aliphatic rings. The zero-order chi connectivity index (χ0) is 8.27. The third kappa shape index (κ3) is 1.83. The van der Waals surface area contributed by atoms with Gasteiger partial charge in [0.05, 0.1) is 0 Å². The molecule has 0 aromatic carbocycles. The molecule has 0 spiro atoms. The molecule has 1 fully saturated rings. The number of aliphatic hydroxyl groups excluding tert-OH is 1. The highest BCUT2D eigenvalue weighted by atomic mass is 16.6. The van der Waals surface area contributed by atoms with E-state index in [0.717, 1.165) is 6.42 Å². The number of hydrogen-bond donors (Lipinski definition) is 1. The van der Waals surface area contributed by atoms with Crippen LogP contribution >= 0.6 is 0 Å². The summed E-state index contributed by atoms with van der Waals surface area (Å²) in [6.45, 7) is 3.65. The van der Waals surface area contributed by atoms with Crippen molar-refractivity contribution in [2.75, 3.05) is 0 Å². The van der Waals surface area contributed by atoms with Crippen molar-refractivity contribution in [2.24, 2.45) is 5.92 Å². The van der Waals surface area contributed by atoms with Crippen LogP contribution in [0.4, 0.5) is 0 Å². The molecule has 1 saturated heterocycles. The maximum absolute atomic E-state index is 9.07. The molecule has 0 aromatic rings. The minimum Gasteiger partial charge on any atom is -0.368 e. The van der Waals surface area contributed by atoms with E-state index < -0.39 is 6.29 Å². The molecule has 1 N–H and O–H groups in total. The lowest BCUT2D eigenvalue weighted by atomic mass is 9.94. The third-order valence-corrected chi connectivity index (χ3v) is 1.91. The Bertz CT molecular complexity index is 180. The van der Waals surface area contributed by atoms with Crippen LogP contribution in [0.3, 0.4) is 0 Å². The lowest BCUT2D eigenvalue weighted by Gasteiger charge is -2.29. The maximum atomic E-state index is 9.07. The molecule has 11 heavy (non-hydrogen) atoms. The predicted octanol–water partition coefficient (Wildman–Crippen LogP) is 0.919. The quantitative estimate of drug-likeness (QED) is 0.447. The van der Waals surface area contributed by atoms with E-state index in [4.69, 9.17) is 16.3 Å². The van der Waals surface area contributed by atoms with Gasteiger partial charge in [-0.15, -0.1) is 13.0 Å². The van der Waals surface area contributed by atoms with Gasteiger partial charge in [0.25, 0.3) is 0 Å². The smallest absolute Gasteiger partial charge is 0.156 e. The average molecular weight is 152 g/mol. The second-order valence-electron chi connectivity index (χ2n) is 2.65. The molecule has 3 atom stereocenters. The standard InChI is InChI=1S/C9H12O2/c1-3-7-5-6-9(10)11-8(7)4-2/h2-3,7-10H,1,5-6H2. The number of rotatable bonds is 1. The Morgan fingerprint density at radius 1 is 1.64 bits per heavy atom. The monoisotopic (exact) mass is 152 g/mol. The molecular weight excluding hydrogens is 140 g/mol. The third-order valence-electron chi connectivity index (χ3n) is 1.91. The molecule has 2 heteroatoms. The summed E-state index contributed by atoms with van der Waals surface area (Å²) in [5.74, 6) is 2.68. The molecule has 1 rings (SSSR count). The Morgan fingerprint density at radius 3 is 2.91 bits per heavy atom. The largest absolute Gasteiger partial charge is 0.368 e. The van der Waals surface area contributed by atoms with Crippen LogP contribution in [0.25, 0.3) is 0 Å². The molecule has 0 aromatic heterocycles. The Balaban J connectivity index is 2.56. The minimum absolute atomic E-state index is 0.198. The molecule has 0 bridgehead atoms. The van der Waals surface area contributed by atoms with Crippen LogP contribution in [-0.4, -0.2) is 17.5 Å². The molecule has 0 saturated carbocycles. The van der Waals surface area contributed by atoms with Crippen molar-refractivity contribution in [3.8, 4) is 12.3 Å². The fourth-order valence-corrected chi connectivity index (χ4v) is 1.23. The summed E-state index contributed by atoms with van der Waals surface area (Å²) in [5, 5.41) is 9.07. The van der Waals surface area contributed by atoms with E-state index in [-0.39, 0.29) is 12.0 Å². The van der Waals surface area contributed by atoms with E-state index in [1.165, 1.54) is 0 Å². The zero-order valence-electron chi connectivity index (χ0n) is 6.36. The van der Waals surface area contributed by atoms with Gasteiger partial charge in [-0.25, -0.2) is 0 Å². The van der Waals surface area contributed by atoms with Crippen LogP contribution in [0.5, 0.6) is 0 Å². The van der Waals surface area contributed by atoms with Crippen molar-refractivity contribution in [3.63, 3.8) is 0 Å². The van der Waals surface area contributed by atoms with Crippen molar-refractivity contribution in [3.05, 3.63) is 12.7 Å². The lowest BCUT2D eigenvalue weighted by Crippen LogP contribution is -2.32. The van der Waals surface area contributed by atoms with Gasteiger partial charge >= 0.3 is 0 Å². The minimum atomic E-state index is -0.688. The molecule has 1 aliphatic heterocycles. The molecule has 2 nitrogen and oxygen atoms in total. The van der Waals surface area contributed by atoms with E-state index in [9.17, 15) is 0 Å². The van der Waals surface area contributed by atoms with E-state index in [2.05, 4.69) is 12.5 Å². The number of ether oxygens (including phenoxy) is 1. The Kier molecular flexibility index (Phi) is 2.70. The molecule has 0 radical (unpaired) electrons. The predicted molar refractivity (Wildman–Crippen MR) is 42.6 cm³/mol. The van der Waals surface area contributed by atoms with Crippen LogP contribution in [0, 0.1) is 18.3 Å². The Hall–Kier alpha value is -0.780. The van der Waals surface area contributed by atoms with Crippen molar-refractivity contribution in [1.82, 2.24) is 0 Å². The molecule has 1 heterocycles. The summed E-state index contributed by atoms with van der Waals surface area (Å²) in [6, 6.07) is 0. The summed E-state index contributed by atoms with van der Waals surface area (Å²) >= 11 is 0. The van der Waals surface area contributed by atoms with Gasteiger partial charge in [0.2, 0.25) is 0 Å². The van der Waals surface area contributed by atoms with Crippen LogP contribution in [0.1, 0.15) is 12.8 Å². The van der Waals surface area contributed by atoms with Crippen LogP contribution in [0.15, 0.2) is 12.7 Å². The van der Waals surface area contributed by atoms with Gasteiger partial charge in [-0.1, -0.05) is 12.0 Å². The van der Waals surface area contributed by atoms with Gasteiger partial charge in [0, 0.05) is 5.92 Å². The van der Waals surface area contributed by atoms with E-state index >= 15 is 0 Å². The van der Waals surface area contributed by atoms with Gasteiger partial charge in [-0.05, 0) is 12.8 Å². The average Bonchev–Trinajstić information content (AvgIpc) is 2.04. The fraction of sp³-hybridized carbons (Fsp3) is 0.556. The summed E-state index contributed by atoms with van der Waals surface area (Å²) in [5.41, 5.74) is 0. The highest BCUT2D eigenvalue weighted by Gasteiger charge is 2.26. The first-order chi connectivity index (χ1) is 5.27. The van der Waals surface area contributed by atoms with E-state index in [0.29, 0.717) is 6.42 Å². The van der Waals surface area contributed by atoms with Crippen LogP contribution in [0.2, 0.25) is 0 Å². The highest BCUT2D eigenvalue weighted by molar-refractivity contribution is 5.04. The summed E-state index contributed by atoms with van der Waals surface area (Å²) in [4.78, 5) is 0. The normalized spacial score (nSPS) is 37.6. The molecule has 0 aliphatic carbocycles. The highest BCUT2D eigenvalue weighted by Crippen LogP contribution is 2.23. The number of hydrogen-bond acceptors (Lipinski definition) is 2. The van der Waals surface area contributed by atoms with Crippen molar-refractivity contribution < 1.29 is 9.84 Å². The van der Waals surface area contributed by atoms with E-state index in [1.807, 2.05) is 0 Å². The number of terminal acetylenes is 1. The fourth-order valence-electron chi connectivity index (χ4n) is 1.23. The molecule has 3 unspecified atom stereocenters. The van der Waals surface area contributed by atoms with E-state index in [1.54, 1.807) is 6.08 Å².